The highest BCUT2D eigenvalue weighted by molar-refractivity contribution is 5.24. The van der Waals surface area contributed by atoms with Crippen molar-refractivity contribution >= 4 is 0 Å². The van der Waals surface area contributed by atoms with Gasteiger partial charge in [-0.05, 0) is 39.3 Å². The van der Waals surface area contributed by atoms with Crippen molar-refractivity contribution in [3.63, 3.8) is 0 Å². The second-order valence-corrected chi connectivity index (χ2v) is 4.94. The molecular weight excluding hydrogens is 240 g/mol. The van der Waals surface area contributed by atoms with Crippen molar-refractivity contribution in [2.45, 2.75) is 32.7 Å². The molecule has 104 valence electrons. The fourth-order valence-corrected chi connectivity index (χ4v) is 2.52. The van der Waals surface area contributed by atoms with Crippen molar-refractivity contribution in [1.82, 2.24) is 30.1 Å². The van der Waals surface area contributed by atoms with E-state index in [2.05, 4.69) is 34.6 Å². The van der Waals surface area contributed by atoms with Gasteiger partial charge in [-0.15, -0.1) is 5.10 Å². The minimum atomic E-state index is 0.263. The van der Waals surface area contributed by atoms with Gasteiger partial charge in [-0.1, -0.05) is 5.21 Å². The van der Waals surface area contributed by atoms with Gasteiger partial charge in [0.1, 0.15) is 0 Å². The number of rotatable bonds is 5. The maximum Gasteiger partial charge on any atom is 0.0753 e. The topological polar surface area (TPSA) is 60.6 Å². The van der Waals surface area contributed by atoms with Crippen molar-refractivity contribution in [3.8, 4) is 0 Å². The number of hydrogen-bond donors (Lipinski definition) is 1. The highest BCUT2D eigenvalue weighted by Gasteiger charge is 2.16. The van der Waals surface area contributed by atoms with Gasteiger partial charge in [0.15, 0.2) is 0 Å². The largest absolute Gasteiger partial charge is 0.312 e. The fraction of sp³-hybridized carbons (Fsp3) is 0.615. The summed E-state index contributed by atoms with van der Waals surface area (Å²) in [5.41, 5.74) is 4.83. The van der Waals surface area contributed by atoms with Crippen LogP contribution < -0.4 is 5.32 Å². The quantitative estimate of drug-likeness (QED) is 0.875. The first kappa shape index (κ1) is 13.7. The van der Waals surface area contributed by atoms with E-state index < -0.39 is 0 Å². The van der Waals surface area contributed by atoms with E-state index >= 15 is 0 Å². The molecule has 2 aromatic rings. The Kier molecular flexibility index (Phi) is 3.99. The van der Waals surface area contributed by atoms with Crippen molar-refractivity contribution in [2.24, 2.45) is 14.1 Å². The first-order chi connectivity index (χ1) is 9.04. The molecular formula is C13H22N6. The Morgan fingerprint density at radius 1 is 1.26 bits per heavy atom. The van der Waals surface area contributed by atoms with Gasteiger partial charge in [0.05, 0.1) is 23.6 Å². The molecule has 0 aliphatic heterocycles. The molecule has 1 N–H and O–H groups in total. The first-order valence-corrected chi connectivity index (χ1v) is 6.55. The van der Waals surface area contributed by atoms with E-state index in [4.69, 9.17) is 0 Å². The molecule has 0 amide bonds. The van der Waals surface area contributed by atoms with Crippen LogP contribution in [0.3, 0.4) is 0 Å². The Hall–Kier alpha value is -1.69. The van der Waals surface area contributed by atoms with Crippen LogP contribution in [-0.2, 0) is 20.5 Å². The van der Waals surface area contributed by atoms with E-state index in [9.17, 15) is 0 Å². The van der Waals surface area contributed by atoms with Gasteiger partial charge in [0.2, 0.25) is 0 Å². The van der Waals surface area contributed by atoms with Gasteiger partial charge >= 0.3 is 0 Å². The molecule has 0 aliphatic carbocycles. The van der Waals surface area contributed by atoms with Crippen molar-refractivity contribution < 1.29 is 0 Å². The minimum Gasteiger partial charge on any atom is -0.312 e. The van der Waals surface area contributed by atoms with Gasteiger partial charge in [0, 0.05) is 19.8 Å². The first-order valence-electron chi connectivity index (χ1n) is 6.55. The number of nitrogens with one attached hydrogen (secondary N) is 1. The van der Waals surface area contributed by atoms with Crippen LogP contribution in [0, 0.1) is 13.8 Å². The standard InChI is InChI=1S/C13H22N6/c1-9-11(10(2)18(4)16-9)6-7-12(14-3)13-8-15-17-19(13)5/h8,12,14H,6-7H2,1-5H3. The van der Waals surface area contributed by atoms with Gasteiger partial charge in [0.25, 0.3) is 0 Å². The lowest BCUT2D eigenvalue weighted by Crippen LogP contribution is -2.20. The van der Waals surface area contributed by atoms with Crippen molar-refractivity contribution in [2.75, 3.05) is 7.05 Å². The van der Waals surface area contributed by atoms with Crippen LogP contribution in [0.4, 0.5) is 0 Å². The summed E-state index contributed by atoms with van der Waals surface area (Å²) >= 11 is 0. The lowest BCUT2D eigenvalue weighted by Gasteiger charge is -2.15. The zero-order valence-electron chi connectivity index (χ0n) is 12.3. The number of aromatic nitrogens is 5. The predicted octanol–water partition coefficient (Wildman–Crippen LogP) is 1.06. The summed E-state index contributed by atoms with van der Waals surface area (Å²) in [6.45, 7) is 4.19. The van der Waals surface area contributed by atoms with E-state index in [-0.39, 0.29) is 6.04 Å². The van der Waals surface area contributed by atoms with E-state index in [0.717, 1.165) is 24.2 Å². The lowest BCUT2D eigenvalue weighted by atomic mass is 10.0. The molecule has 0 spiro atoms. The van der Waals surface area contributed by atoms with Crippen LogP contribution in [0.1, 0.15) is 35.1 Å². The third kappa shape index (κ3) is 2.68. The molecule has 2 aromatic heterocycles. The number of nitrogens with zero attached hydrogens (tertiary/aromatic N) is 5. The third-order valence-corrected chi connectivity index (χ3v) is 3.80. The average molecular weight is 262 g/mol. The van der Waals surface area contributed by atoms with E-state index in [1.54, 1.807) is 0 Å². The van der Waals surface area contributed by atoms with Gasteiger partial charge < -0.3 is 5.32 Å². The zero-order chi connectivity index (χ0) is 14.0. The lowest BCUT2D eigenvalue weighted by molar-refractivity contribution is 0.504. The monoisotopic (exact) mass is 262 g/mol. The van der Waals surface area contributed by atoms with Crippen LogP contribution in [0.2, 0.25) is 0 Å². The second-order valence-electron chi connectivity index (χ2n) is 4.94. The molecule has 0 saturated heterocycles. The SMILES string of the molecule is CNC(CCc1c(C)nn(C)c1C)c1cnnn1C. The summed E-state index contributed by atoms with van der Waals surface area (Å²) in [5, 5.41) is 15.7. The van der Waals surface area contributed by atoms with Crippen LogP contribution in [0.15, 0.2) is 6.20 Å². The summed E-state index contributed by atoms with van der Waals surface area (Å²) in [4.78, 5) is 0. The molecule has 0 radical (unpaired) electrons. The summed E-state index contributed by atoms with van der Waals surface area (Å²) in [6.07, 6.45) is 3.83. The zero-order valence-corrected chi connectivity index (χ0v) is 12.3. The molecule has 0 aliphatic rings. The highest BCUT2D eigenvalue weighted by atomic mass is 15.4. The highest BCUT2D eigenvalue weighted by Crippen LogP contribution is 2.20. The molecule has 2 rings (SSSR count). The Labute approximate surface area is 113 Å². The van der Waals surface area contributed by atoms with Gasteiger partial charge in [-0.3, -0.25) is 9.36 Å². The molecule has 0 bridgehead atoms. The summed E-state index contributed by atoms with van der Waals surface area (Å²) in [6, 6.07) is 0.263. The van der Waals surface area contributed by atoms with E-state index in [1.165, 1.54) is 11.3 Å². The Morgan fingerprint density at radius 3 is 2.47 bits per heavy atom. The summed E-state index contributed by atoms with van der Waals surface area (Å²) < 4.78 is 3.77. The molecule has 2 heterocycles. The fourth-order valence-electron chi connectivity index (χ4n) is 2.52. The molecule has 0 saturated carbocycles. The normalized spacial score (nSPS) is 12.9. The molecule has 6 nitrogen and oxygen atoms in total. The maximum atomic E-state index is 4.46. The molecule has 6 heteroatoms. The van der Waals surface area contributed by atoms with Gasteiger partial charge in [-0.25, -0.2) is 0 Å². The molecule has 0 aromatic carbocycles. The molecule has 1 atom stereocenters. The summed E-state index contributed by atoms with van der Waals surface area (Å²) in [7, 11) is 5.89. The van der Waals surface area contributed by atoms with Crippen molar-refractivity contribution in [3.05, 3.63) is 28.8 Å². The Morgan fingerprint density at radius 2 is 2.00 bits per heavy atom. The maximum absolute atomic E-state index is 4.46. The van der Waals surface area contributed by atoms with Gasteiger partial charge in [-0.2, -0.15) is 5.10 Å². The molecule has 1 unspecified atom stereocenters. The smallest absolute Gasteiger partial charge is 0.0753 e. The van der Waals surface area contributed by atoms with Crippen LogP contribution >= 0.6 is 0 Å². The Bertz CT molecular complexity index is 553. The average Bonchev–Trinajstić information content (AvgIpc) is 2.89. The minimum absolute atomic E-state index is 0.263. The molecule has 0 fully saturated rings. The van der Waals surface area contributed by atoms with E-state index in [1.807, 2.05) is 36.7 Å². The van der Waals surface area contributed by atoms with Crippen molar-refractivity contribution in [1.29, 1.82) is 0 Å². The number of hydrogen-bond acceptors (Lipinski definition) is 4. The second kappa shape index (κ2) is 5.52. The van der Waals surface area contributed by atoms with E-state index in [0.29, 0.717) is 0 Å². The third-order valence-electron chi connectivity index (χ3n) is 3.80. The predicted molar refractivity (Wildman–Crippen MR) is 73.8 cm³/mol. The van der Waals surface area contributed by atoms with Crippen LogP contribution in [0.5, 0.6) is 0 Å². The summed E-state index contributed by atoms with van der Waals surface area (Å²) in [5.74, 6) is 0. The number of aryl methyl sites for hydroxylation is 3. The van der Waals surface area contributed by atoms with Crippen LogP contribution in [0.25, 0.3) is 0 Å². The van der Waals surface area contributed by atoms with Crippen LogP contribution in [-0.4, -0.2) is 31.8 Å². The molecule has 19 heavy (non-hydrogen) atoms. The Balaban J connectivity index is 2.11.